The van der Waals surface area contributed by atoms with Gasteiger partial charge in [-0.05, 0) is 24.5 Å². The second-order valence-electron chi connectivity index (χ2n) is 3.38. The van der Waals surface area contributed by atoms with Gasteiger partial charge in [0.1, 0.15) is 10.4 Å². The first-order valence-electron chi connectivity index (χ1n) is 4.93. The summed E-state index contributed by atoms with van der Waals surface area (Å²) < 4.78 is 0.646. The number of amides is 1. The van der Waals surface area contributed by atoms with E-state index in [4.69, 9.17) is 28.3 Å². The molecule has 8 heteroatoms. The molecule has 0 saturated heterocycles. The number of thioether (sulfide) groups is 1. The number of carbonyl (C=O) groups excluding carboxylic acids is 1. The van der Waals surface area contributed by atoms with Gasteiger partial charge in [-0.2, -0.15) is 11.8 Å². The van der Waals surface area contributed by atoms with Crippen molar-refractivity contribution in [1.29, 1.82) is 0 Å². The first-order chi connectivity index (χ1) is 8.45. The van der Waals surface area contributed by atoms with E-state index in [1.807, 2.05) is 6.26 Å². The molecule has 0 saturated carbocycles. The van der Waals surface area contributed by atoms with Crippen molar-refractivity contribution in [1.82, 2.24) is 5.32 Å². The number of thiophene rings is 1. The molecular formula is C10H11Cl2NO3S2. The third-order valence-electron chi connectivity index (χ3n) is 2.12. The summed E-state index contributed by atoms with van der Waals surface area (Å²) in [6.45, 7) is 0. The molecule has 0 bridgehead atoms. The monoisotopic (exact) mass is 327 g/mol. The van der Waals surface area contributed by atoms with E-state index in [1.54, 1.807) is 0 Å². The molecule has 0 aliphatic rings. The lowest BCUT2D eigenvalue weighted by Crippen LogP contribution is -2.41. The van der Waals surface area contributed by atoms with Gasteiger partial charge in [-0.1, -0.05) is 23.2 Å². The molecule has 0 unspecified atom stereocenters. The Morgan fingerprint density at radius 2 is 2.22 bits per heavy atom. The molecule has 1 aromatic rings. The Labute approximate surface area is 123 Å². The van der Waals surface area contributed by atoms with E-state index in [-0.39, 0.29) is 9.90 Å². The number of hydrogen-bond acceptors (Lipinski definition) is 4. The fraction of sp³-hybridized carbons (Fsp3) is 0.400. The van der Waals surface area contributed by atoms with Crippen LogP contribution in [0.4, 0.5) is 0 Å². The summed E-state index contributed by atoms with van der Waals surface area (Å²) in [5.41, 5.74) is 0.210. The second kappa shape index (κ2) is 7.23. The molecule has 0 aliphatic heterocycles. The van der Waals surface area contributed by atoms with Gasteiger partial charge in [0, 0.05) is 0 Å². The van der Waals surface area contributed by atoms with Gasteiger partial charge in [0.05, 0.1) is 9.90 Å². The van der Waals surface area contributed by atoms with Crippen LogP contribution in [0.5, 0.6) is 0 Å². The topological polar surface area (TPSA) is 66.4 Å². The van der Waals surface area contributed by atoms with Gasteiger partial charge in [-0.15, -0.1) is 11.3 Å². The van der Waals surface area contributed by atoms with Gasteiger partial charge in [0.25, 0.3) is 5.91 Å². The molecule has 1 aromatic heterocycles. The Kier molecular flexibility index (Phi) is 6.28. The van der Waals surface area contributed by atoms with Crippen molar-refractivity contribution in [2.24, 2.45) is 0 Å². The quantitative estimate of drug-likeness (QED) is 0.842. The van der Waals surface area contributed by atoms with E-state index in [1.165, 1.54) is 17.8 Å². The third-order valence-corrected chi connectivity index (χ3v) is 4.25. The number of carboxylic acid groups (broad SMARTS) is 1. The Morgan fingerprint density at radius 1 is 1.56 bits per heavy atom. The minimum Gasteiger partial charge on any atom is -0.480 e. The van der Waals surface area contributed by atoms with Crippen LogP contribution in [-0.4, -0.2) is 35.0 Å². The summed E-state index contributed by atoms with van der Waals surface area (Å²) in [5, 5.41) is 11.4. The van der Waals surface area contributed by atoms with Gasteiger partial charge < -0.3 is 10.4 Å². The van der Waals surface area contributed by atoms with Crippen LogP contribution in [0.3, 0.4) is 0 Å². The molecule has 4 nitrogen and oxygen atoms in total. The highest BCUT2D eigenvalue weighted by Crippen LogP contribution is 2.31. The van der Waals surface area contributed by atoms with Gasteiger partial charge in [-0.3, -0.25) is 4.79 Å². The standard InChI is InChI=1S/C10H11Cl2NO3S2/c1-17-3-2-6(10(15)16)13-9(14)5-4-7(11)18-8(5)12/h4,6H,2-3H2,1H3,(H,13,14)(H,15,16)/t6-/m0/s1. The number of nitrogens with one attached hydrogen (secondary N) is 1. The molecule has 0 aromatic carbocycles. The smallest absolute Gasteiger partial charge is 0.326 e. The highest BCUT2D eigenvalue weighted by molar-refractivity contribution is 7.98. The van der Waals surface area contributed by atoms with Crippen LogP contribution < -0.4 is 5.32 Å². The number of carbonyl (C=O) groups is 2. The van der Waals surface area contributed by atoms with Crippen molar-refractivity contribution < 1.29 is 14.7 Å². The Morgan fingerprint density at radius 3 is 2.67 bits per heavy atom. The SMILES string of the molecule is CSCC[C@H](NC(=O)c1cc(Cl)sc1Cl)C(=O)O. The average Bonchev–Trinajstić information content (AvgIpc) is 2.63. The molecule has 0 fully saturated rings. The fourth-order valence-corrected chi connectivity index (χ4v) is 3.15. The fourth-order valence-electron chi connectivity index (χ4n) is 1.22. The van der Waals surface area contributed by atoms with E-state index in [0.29, 0.717) is 16.5 Å². The van der Waals surface area contributed by atoms with Crippen molar-refractivity contribution in [3.63, 3.8) is 0 Å². The molecule has 18 heavy (non-hydrogen) atoms. The Balaban J connectivity index is 2.72. The van der Waals surface area contributed by atoms with Crippen molar-refractivity contribution in [3.8, 4) is 0 Å². The maximum atomic E-state index is 11.8. The van der Waals surface area contributed by atoms with Crippen molar-refractivity contribution in [2.45, 2.75) is 12.5 Å². The lowest BCUT2D eigenvalue weighted by molar-refractivity contribution is -0.139. The zero-order valence-corrected chi connectivity index (χ0v) is 12.5. The lowest BCUT2D eigenvalue weighted by atomic mass is 10.2. The van der Waals surface area contributed by atoms with Crippen LogP contribution >= 0.6 is 46.3 Å². The van der Waals surface area contributed by atoms with Crippen molar-refractivity contribution in [3.05, 3.63) is 20.3 Å². The van der Waals surface area contributed by atoms with Gasteiger partial charge in [-0.25, -0.2) is 4.79 Å². The van der Waals surface area contributed by atoms with Gasteiger partial charge in [0.15, 0.2) is 0 Å². The summed E-state index contributed by atoms with van der Waals surface area (Å²) in [4.78, 5) is 22.8. The summed E-state index contributed by atoms with van der Waals surface area (Å²) in [7, 11) is 0. The summed E-state index contributed by atoms with van der Waals surface area (Å²) in [6, 6.07) is 0.511. The molecule has 1 atom stereocenters. The van der Waals surface area contributed by atoms with Crippen LogP contribution in [0, 0.1) is 0 Å². The molecule has 1 amide bonds. The maximum Gasteiger partial charge on any atom is 0.326 e. The normalized spacial score (nSPS) is 12.2. The first-order valence-corrected chi connectivity index (χ1v) is 7.89. The number of carboxylic acids is 1. The van der Waals surface area contributed by atoms with Crippen LogP contribution in [0.15, 0.2) is 6.07 Å². The average molecular weight is 328 g/mol. The molecule has 1 rings (SSSR count). The predicted molar refractivity (Wildman–Crippen MR) is 76.2 cm³/mol. The second-order valence-corrected chi connectivity index (χ2v) is 6.65. The Bertz CT molecular complexity index is 450. The molecule has 1 heterocycles. The summed E-state index contributed by atoms with van der Waals surface area (Å²) >= 11 is 14.1. The molecule has 0 radical (unpaired) electrons. The number of rotatable bonds is 6. The molecular weight excluding hydrogens is 317 g/mol. The molecule has 0 aliphatic carbocycles. The third kappa shape index (κ3) is 4.35. The minimum absolute atomic E-state index is 0.210. The molecule has 0 spiro atoms. The van der Waals surface area contributed by atoms with Crippen LogP contribution in [0.25, 0.3) is 0 Å². The van der Waals surface area contributed by atoms with E-state index in [0.717, 1.165) is 11.3 Å². The van der Waals surface area contributed by atoms with E-state index in [9.17, 15) is 9.59 Å². The summed E-state index contributed by atoms with van der Waals surface area (Å²) in [6.07, 6.45) is 2.23. The minimum atomic E-state index is -1.06. The molecule has 2 N–H and O–H groups in total. The maximum absolute atomic E-state index is 11.8. The highest BCUT2D eigenvalue weighted by Gasteiger charge is 2.22. The van der Waals surface area contributed by atoms with Crippen LogP contribution in [0.2, 0.25) is 8.67 Å². The zero-order chi connectivity index (χ0) is 13.7. The molecule has 100 valence electrons. The zero-order valence-electron chi connectivity index (χ0n) is 9.41. The number of aliphatic carboxylic acids is 1. The van der Waals surface area contributed by atoms with Crippen molar-refractivity contribution >= 4 is 58.2 Å². The van der Waals surface area contributed by atoms with Gasteiger partial charge >= 0.3 is 5.97 Å². The van der Waals surface area contributed by atoms with Gasteiger partial charge in [0.2, 0.25) is 0 Å². The highest BCUT2D eigenvalue weighted by atomic mass is 35.5. The predicted octanol–water partition coefficient (Wildman–Crippen LogP) is 2.99. The number of halogens is 2. The van der Waals surface area contributed by atoms with E-state index >= 15 is 0 Å². The Hall–Kier alpha value is -0.430. The largest absolute Gasteiger partial charge is 0.480 e. The van der Waals surface area contributed by atoms with Crippen LogP contribution in [0.1, 0.15) is 16.8 Å². The summed E-state index contributed by atoms with van der Waals surface area (Å²) in [5.74, 6) is -0.929. The number of hydrogen-bond donors (Lipinski definition) is 2. The van der Waals surface area contributed by atoms with Crippen LogP contribution in [-0.2, 0) is 4.79 Å². The van der Waals surface area contributed by atoms with Crippen molar-refractivity contribution in [2.75, 3.05) is 12.0 Å². The first kappa shape index (κ1) is 15.6. The lowest BCUT2D eigenvalue weighted by Gasteiger charge is -2.13. The van der Waals surface area contributed by atoms with E-state index < -0.39 is 17.9 Å². The van der Waals surface area contributed by atoms with E-state index in [2.05, 4.69) is 5.32 Å².